The van der Waals surface area contributed by atoms with Crippen molar-refractivity contribution in [3.8, 4) is 0 Å². The minimum atomic E-state index is -3.58. The van der Waals surface area contributed by atoms with E-state index in [1.807, 2.05) is 6.07 Å². The zero-order valence-corrected chi connectivity index (χ0v) is 16.8. The molecule has 0 spiro atoms. The average Bonchev–Trinajstić information content (AvgIpc) is 3.34. The molecule has 2 aromatic rings. The molecule has 0 bridgehead atoms. The van der Waals surface area contributed by atoms with E-state index in [-0.39, 0.29) is 16.2 Å². The molecule has 2 heterocycles. The Balaban J connectivity index is 1.72. The van der Waals surface area contributed by atoms with Crippen LogP contribution >= 0.6 is 0 Å². The number of sulfonamides is 1. The molecule has 0 aliphatic carbocycles. The number of anilines is 1. The van der Waals surface area contributed by atoms with E-state index in [0.717, 1.165) is 17.7 Å². The van der Waals surface area contributed by atoms with Gasteiger partial charge in [0.25, 0.3) is 11.8 Å². The van der Waals surface area contributed by atoms with Gasteiger partial charge in [0, 0.05) is 25.8 Å². The molecule has 150 valence electrons. The molecule has 7 nitrogen and oxygen atoms in total. The van der Waals surface area contributed by atoms with E-state index < -0.39 is 21.8 Å². The molecule has 0 unspecified atom stereocenters. The Kier molecular flexibility index (Phi) is 4.97. The lowest BCUT2D eigenvalue weighted by molar-refractivity contribution is -0.135. The van der Waals surface area contributed by atoms with E-state index in [9.17, 15) is 18.0 Å². The summed E-state index contributed by atoms with van der Waals surface area (Å²) in [6, 6.07) is 15.3. The van der Waals surface area contributed by atoms with E-state index in [4.69, 9.17) is 0 Å². The van der Waals surface area contributed by atoms with Gasteiger partial charge in [-0.15, -0.1) is 0 Å². The van der Waals surface area contributed by atoms with E-state index in [0.29, 0.717) is 24.3 Å². The van der Waals surface area contributed by atoms with Gasteiger partial charge >= 0.3 is 0 Å². The van der Waals surface area contributed by atoms with Crippen LogP contribution in [0.4, 0.5) is 5.69 Å². The second-order valence-electron chi connectivity index (χ2n) is 7.05. The number of rotatable bonds is 5. The topological polar surface area (TPSA) is 86.8 Å². The molecule has 1 fully saturated rings. The maximum atomic E-state index is 12.8. The molecule has 4 rings (SSSR count). The highest BCUT2D eigenvalue weighted by Gasteiger charge is 2.37. The van der Waals surface area contributed by atoms with Crippen molar-refractivity contribution in [3.63, 3.8) is 0 Å². The Morgan fingerprint density at radius 2 is 1.59 bits per heavy atom. The summed E-state index contributed by atoms with van der Waals surface area (Å²) < 4.78 is 27.1. The van der Waals surface area contributed by atoms with Gasteiger partial charge in [0.15, 0.2) is 0 Å². The summed E-state index contributed by atoms with van der Waals surface area (Å²) in [5.41, 5.74) is 1.47. The van der Waals surface area contributed by atoms with Gasteiger partial charge in [-0.05, 0) is 36.6 Å². The van der Waals surface area contributed by atoms with Crippen LogP contribution in [0.2, 0.25) is 0 Å². The van der Waals surface area contributed by atoms with Crippen molar-refractivity contribution < 1.29 is 18.0 Å². The highest BCUT2D eigenvalue weighted by Crippen LogP contribution is 2.30. The molecule has 29 heavy (non-hydrogen) atoms. The van der Waals surface area contributed by atoms with Crippen molar-refractivity contribution in [2.24, 2.45) is 0 Å². The molecular weight excluding hydrogens is 390 g/mol. The first-order valence-corrected chi connectivity index (χ1v) is 10.8. The summed E-state index contributed by atoms with van der Waals surface area (Å²) in [5, 5.41) is 2.99. The average molecular weight is 411 g/mol. The van der Waals surface area contributed by atoms with Gasteiger partial charge in [0.2, 0.25) is 10.0 Å². The van der Waals surface area contributed by atoms with E-state index in [2.05, 4.69) is 5.32 Å². The number of benzene rings is 2. The van der Waals surface area contributed by atoms with E-state index in [1.54, 1.807) is 42.5 Å². The number of hydrogen-bond donors (Lipinski definition) is 1. The standard InChI is InChI=1S/C21H21N3O4S/c1-23-20(25)18(15-8-3-2-4-9-15)19(21(23)26)22-16-10-7-11-17(14-16)29(27,28)24-12-5-6-13-24/h2-4,7-11,14,22H,5-6,12-13H2,1H3. The maximum absolute atomic E-state index is 12.8. The van der Waals surface area contributed by atoms with Crippen molar-refractivity contribution in [2.45, 2.75) is 17.7 Å². The summed E-state index contributed by atoms with van der Waals surface area (Å²) in [7, 11) is -2.15. The SMILES string of the molecule is CN1C(=O)C(Nc2cccc(S(=O)(=O)N3CCCC3)c2)=C(c2ccccc2)C1=O. The van der Waals surface area contributed by atoms with Crippen LogP contribution in [0.25, 0.3) is 5.57 Å². The Morgan fingerprint density at radius 3 is 2.28 bits per heavy atom. The monoisotopic (exact) mass is 411 g/mol. The van der Waals surface area contributed by atoms with Gasteiger partial charge in [-0.3, -0.25) is 14.5 Å². The third-order valence-corrected chi connectivity index (χ3v) is 7.05. The van der Waals surface area contributed by atoms with Crippen LogP contribution in [0.15, 0.2) is 65.2 Å². The quantitative estimate of drug-likeness (QED) is 0.763. The molecule has 1 saturated heterocycles. The van der Waals surface area contributed by atoms with Crippen LogP contribution in [0.3, 0.4) is 0 Å². The summed E-state index contributed by atoms with van der Waals surface area (Å²) >= 11 is 0. The molecule has 1 N–H and O–H groups in total. The first-order valence-electron chi connectivity index (χ1n) is 9.39. The predicted molar refractivity (Wildman–Crippen MR) is 109 cm³/mol. The molecule has 2 amide bonds. The normalized spacial score (nSPS) is 18.0. The lowest BCUT2D eigenvalue weighted by Gasteiger charge is -2.16. The fourth-order valence-corrected chi connectivity index (χ4v) is 5.15. The maximum Gasteiger partial charge on any atom is 0.277 e. The van der Waals surface area contributed by atoms with E-state index in [1.165, 1.54) is 17.4 Å². The van der Waals surface area contributed by atoms with Gasteiger partial charge in [-0.25, -0.2) is 8.42 Å². The van der Waals surface area contributed by atoms with Crippen LogP contribution in [0, 0.1) is 0 Å². The molecule has 0 aromatic heterocycles. The largest absolute Gasteiger partial charge is 0.350 e. The molecule has 2 aliphatic rings. The predicted octanol–water partition coefficient (Wildman–Crippen LogP) is 2.29. The van der Waals surface area contributed by atoms with Crippen molar-refractivity contribution in [3.05, 3.63) is 65.9 Å². The number of imide groups is 1. The molecular formula is C21H21N3O4S. The van der Waals surface area contributed by atoms with Crippen molar-refractivity contribution in [2.75, 3.05) is 25.5 Å². The number of carbonyl (C=O) groups excluding carboxylic acids is 2. The minimum absolute atomic E-state index is 0.138. The van der Waals surface area contributed by atoms with Crippen LogP contribution < -0.4 is 5.32 Å². The number of hydrogen-bond acceptors (Lipinski definition) is 5. The van der Waals surface area contributed by atoms with Gasteiger partial charge in [-0.2, -0.15) is 4.31 Å². The number of likely N-dealkylation sites (N-methyl/N-ethyl adjacent to an activating group) is 1. The second kappa shape index (κ2) is 7.46. The summed E-state index contributed by atoms with van der Waals surface area (Å²) in [6.07, 6.45) is 1.71. The highest BCUT2D eigenvalue weighted by molar-refractivity contribution is 7.89. The van der Waals surface area contributed by atoms with Gasteiger partial charge in [0.1, 0.15) is 5.70 Å². The van der Waals surface area contributed by atoms with E-state index >= 15 is 0 Å². The lowest BCUT2D eigenvalue weighted by atomic mass is 10.0. The minimum Gasteiger partial charge on any atom is -0.350 e. The Bertz CT molecular complexity index is 1100. The summed E-state index contributed by atoms with van der Waals surface area (Å²) in [6.45, 7) is 1.03. The smallest absolute Gasteiger partial charge is 0.277 e. The molecule has 0 saturated carbocycles. The van der Waals surface area contributed by atoms with Gasteiger partial charge < -0.3 is 5.32 Å². The van der Waals surface area contributed by atoms with Gasteiger partial charge in [-0.1, -0.05) is 36.4 Å². The van der Waals surface area contributed by atoms with Crippen molar-refractivity contribution >= 4 is 33.1 Å². The number of nitrogens with zero attached hydrogens (tertiary/aromatic N) is 2. The molecule has 0 radical (unpaired) electrons. The first kappa shape index (κ1) is 19.4. The molecule has 2 aliphatic heterocycles. The number of nitrogens with one attached hydrogen (secondary N) is 1. The van der Waals surface area contributed by atoms with Crippen LogP contribution in [-0.4, -0.2) is 49.6 Å². The van der Waals surface area contributed by atoms with Crippen LogP contribution in [0.1, 0.15) is 18.4 Å². The zero-order chi connectivity index (χ0) is 20.6. The molecule has 2 aromatic carbocycles. The van der Waals surface area contributed by atoms with Crippen molar-refractivity contribution in [1.29, 1.82) is 0 Å². The first-order chi connectivity index (χ1) is 13.9. The summed E-state index contributed by atoms with van der Waals surface area (Å²) in [5.74, 6) is -0.855. The second-order valence-corrected chi connectivity index (χ2v) is 8.99. The molecule has 0 atom stereocenters. The summed E-state index contributed by atoms with van der Waals surface area (Å²) in [4.78, 5) is 26.5. The van der Waals surface area contributed by atoms with Crippen molar-refractivity contribution in [1.82, 2.24) is 9.21 Å². The third-order valence-electron chi connectivity index (χ3n) is 5.16. The lowest BCUT2D eigenvalue weighted by Crippen LogP contribution is -2.28. The molecule has 8 heteroatoms. The Labute approximate surface area is 169 Å². The highest BCUT2D eigenvalue weighted by atomic mass is 32.2. The van der Waals surface area contributed by atoms with Gasteiger partial charge in [0.05, 0.1) is 10.5 Å². The zero-order valence-electron chi connectivity index (χ0n) is 16.0. The number of carbonyl (C=O) groups is 2. The fraction of sp³-hybridized carbons (Fsp3) is 0.238. The Morgan fingerprint density at radius 1 is 0.897 bits per heavy atom. The van der Waals surface area contributed by atoms with Crippen LogP contribution in [-0.2, 0) is 19.6 Å². The van der Waals surface area contributed by atoms with Crippen LogP contribution in [0.5, 0.6) is 0 Å². The third kappa shape index (κ3) is 3.45. The number of amides is 2. The Hall–Kier alpha value is -2.97. The fourth-order valence-electron chi connectivity index (χ4n) is 3.59.